The fourth-order valence-corrected chi connectivity index (χ4v) is 6.28. The van der Waals surface area contributed by atoms with Crippen molar-refractivity contribution in [2.24, 2.45) is 35.5 Å². The first-order chi connectivity index (χ1) is 8.42. The lowest BCUT2D eigenvalue weighted by Gasteiger charge is -2.50. The van der Waals surface area contributed by atoms with Crippen LogP contribution in [0.25, 0.3) is 0 Å². The summed E-state index contributed by atoms with van der Waals surface area (Å²) < 4.78 is 0. The molecule has 17 heavy (non-hydrogen) atoms. The van der Waals surface area contributed by atoms with Crippen molar-refractivity contribution < 1.29 is 0 Å². The maximum absolute atomic E-state index is 1.65. The molecule has 0 nitrogen and oxygen atoms in total. The molecule has 4 fully saturated rings. The van der Waals surface area contributed by atoms with Gasteiger partial charge in [0.2, 0.25) is 0 Å². The Hall–Kier alpha value is 0. The van der Waals surface area contributed by atoms with E-state index in [4.69, 9.17) is 0 Å². The summed E-state index contributed by atoms with van der Waals surface area (Å²) in [5.41, 5.74) is 0. The molecule has 0 spiro atoms. The van der Waals surface area contributed by atoms with Crippen molar-refractivity contribution in [2.45, 2.75) is 70.6 Å². The van der Waals surface area contributed by atoms with Gasteiger partial charge in [-0.2, -0.15) is 0 Å². The molecule has 0 heteroatoms. The lowest BCUT2D eigenvalue weighted by atomic mass is 9.55. The minimum atomic E-state index is 1.16. The molecule has 0 aromatic carbocycles. The summed E-state index contributed by atoms with van der Waals surface area (Å²) in [7, 11) is 0. The van der Waals surface area contributed by atoms with Crippen LogP contribution >= 0.6 is 0 Å². The smallest absolute Gasteiger partial charge is 0.0352 e. The monoisotopic (exact) mass is 232 g/mol. The lowest BCUT2D eigenvalue weighted by Crippen LogP contribution is -2.41. The van der Waals surface area contributed by atoms with E-state index in [1.807, 2.05) is 0 Å². The molecule has 96 valence electrons. The van der Waals surface area contributed by atoms with E-state index < -0.39 is 0 Å². The number of rotatable bonds is 0. The molecule has 6 atom stereocenters. The zero-order chi connectivity index (χ0) is 11.2. The number of hydrogen-bond donors (Lipinski definition) is 0. The Morgan fingerprint density at radius 3 is 2.00 bits per heavy atom. The van der Waals surface area contributed by atoms with Gasteiger partial charge < -0.3 is 0 Å². The Morgan fingerprint density at radius 1 is 0.412 bits per heavy atom. The first-order valence-corrected chi connectivity index (χ1v) is 8.42. The molecule has 0 aromatic heterocycles. The van der Waals surface area contributed by atoms with E-state index in [0.717, 1.165) is 23.7 Å². The van der Waals surface area contributed by atoms with Crippen LogP contribution in [0.3, 0.4) is 0 Å². The maximum atomic E-state index is 1.65. The van der Waals surface area contributed by atoms with Gasteiger partial charge in [-0.15, -0.1) is 0 Å². The van der Waals surface area contributed by atoms with Crippen molar-refractivity contribution in [3.63, 3.8) is 0 Å². The summed E-state index contributed by atoms with van der Waals surface area (Å²) in [4.78, 5) is 0. The van der Waals surface area contributed by atoms with Crippen LogP contribution in [0.2, 0.25) is 0 Å². The van der Waals surface area contributed by atoms with Crippen molar-refractivity contribution in [3.05, 3.63) is 0 Å². The van der Waals surface area contributed by atoms with E-state index in [1.165, 1.54) is 11.8 Å². The highest BCUT2D eigenvalue weighted by Crippen LogP contribution is 2.56. The van der Waals surface area contributed by atoms with Gasteiger partial charge in [-0.1, -0.05) is 38.5 Å². The molecule has 0 N–H and O–H groups in total. The first-order valence-electron chi connectivity index (χ1n) is 8.42. The standard InChI is InChI=1S/C17H28/c1-2-5-14-11-17-15(10-13(14)4-1)9-8-12-6-3-7-16(12)17/h12-17H,1-11H2. The molecular formula is C17H28. The summed E-state index contributed by atoms with van der Waals surface area (Å²) in [5.74, 6) is 6.99. The second-order valence-electron chi connectivity index (χ2n) is 7.63. The average molecular weight is 232 g/mol. The number of fused-ring (bicyclic) bond motifs is 4. The van der Waals surface area contributed by atoms with Crippen molar-refractivity contribution >= 4 is 0 Å². The molecule has 0 amide bonds. The molecule has 4 rings (SSSR count). The van der Waals surface area contributed by atoms with Gasteiger partial charge in [-0.25, -0.2) is 0 Å². The fourth-order valence-electron chi connectivity index (χ4n) is 6.28. The second-order valence-corrected chi connectivity index (χ2v) is 7.63. The van der Waals surface area contributed by atoms with Crippen LogP contribution < -0.4 is 0 Å². The summed E-state index contributed by atoms with van der Waals surface area (Å²) in [6, 6.07) is 0. The summed E-state index contributed by atoms with van der Waals surface area (Å²) in [5, 5.41) is 0. The van der Waals surface area contributed by atoms with Crippen molar-refractivity contribution in [1.29, 1.82) is 0 Å². The van der Waals surface area contributed by atoms with Gasteiger partial charge in [-0.05, 0) is 67.6 Å². The van der Waals surface area contributed by atoms with Crippen molar-refractivity contribution in [1.82, 2.24) is 0 Å². The zero-order valence-corrected chi connectivity index (χ0v) is 11.2. The van der Waals surface area contributed by atoms with E-state index in [0.29, 0.717) is 0 Å². The van der Waals surface area contributed by atoms with Gasteiger partial charge in [0, 0.05) is 0 Å². The molecule has 0 heterocycles. The van der Waals surface area contributed by atoms with Crippen LogP contribution in [0, 0.1) is 35.5 Å². The van der Waals surface area contributed by atoms with Gasteiger partial charge >= 0.3 is 0 Å². The molecule has 0 radical (unpaired) electrons. The zero-order valence-electron chi connectivity index (χ0n) is 11.2. The van der Waals surface area contributed by atoms with Gasteiger partial charge in [0.05, 0.1) is 0 Å². The molecule has 6 unspecified atom stereocenters. The third-order valence-corrected chi connectivity index (χ3v) is 7.03. The molecule has 0 saturated heterocycles. The maximum Gasteiger partial charge on any atom is -0.0352 e. The van der Waals surface area contributed by atoms with E-state index >= 15 is 0 Å². The fraction of sp³-hybridized carbons (Fsp3) is 1.00. The van der Waals surface area contributed by atoms with Crippen LogP contribution in [-0.2, 0) is 0 Å². The third kappa shape index (κ3) is 1.78. The molecule has 4 saturated carbocycles. The summed E-state index contributed by atoms with van der Waals surface area (Å²) in [6.45, 7) is 0. The van der Waals surface area contributed by atoms with Gasteiger partial charge in [0.25, 0.3) is 0 Å². The van der Waals surface area contributed by atoms with Gasteiger partial charge in [0.1, 0.15) is 0 Å². The van der Waals surface area contributed by atoms with Gasteiger partial charge in [-0.3, -0.25) is 0 Å². The van der Waals surface area contributed by atoms with Crippen LogP contribution in [0.1, 0.15) is 70.6 Å². The largest absolute Gasteiger partial charge is 0.0530 e. The normalized spacial score (nSPS) is 53.6. The van der Waals surface area contributed by atoms with Crippen LogP contribution in [0.15, 0.2) is 0 Å². The average Bonchev–Trinajstić information content (AvgIpc) is 2.85. The van der Waals surface area contributed by atoms with Crippen LogP contribution in [-0.4, -0.2) is 0 Å². The minimum absolute atomic E-state index is 1.16. The Morgan fingerprint density at radius 2 is 1.12 bits per heavy atom. The van der Waals surface area contributed by atoms with Gasteiger partial charge in [0.15, 0.2) is 0 Å². The Balaban J connectivity index is 1.53. The van der Waals surface area contributed by atoms with E-state index in [-0.39, 0.29) is 0 Å². The highest BCUT2D eigenvalue weighted by atomic mass is 14.5. The van der Waals surface area contributed by atoms with Crippen molar-refractivity contribution in [3.8, 4) is 0 Å². The number of hydrogen-bond acceptors (Lipinski definition) is 0. The van der Waals surface area contributed by atoms with E-state index in [2.05, 4.69) is 0 Å². The Kier molecular flexibility index (Phi) is 2.74. The second kappa shape index (κ2) is 4.28. The quantitative estimate of drug-likeness (QED) is 0.549. The van der Waals surface area contributed by atoms with Crippen molar-refractivity contribution in [2.75, 3.05) is 0 Å². The predicted molar refractivity (Wildman–Crippen MR) is 71.7 cm³/mol. The predicted octanol–water partition coefficient (Wildman–Crippen LogP) is 5.03. The lowest BCUT2D eigenvalue weighted by molar-refractivity contribution is 0.00135. The minimum Gasteiger partial charge on any atom is -0.0530 e. The molecule has 4 aliphatic rings. The molecule has 4 aliphatic carbocycles. The topological polar surface area (TPSA) is 0 Å². The SMILES string of the molecule is C1CCC2CC3C(CCC4CCCC43)CC2C1. The molecule has 0 aromatic rings. The first kappa shape index (κ1) is 10.9. The molecule has 0 aliphatic heterocycles. The Bertz CT molecular complexity index is 282. The van der Waals surface area contributed by atoms with Crippen LogP contribution in [0.5, 0.6) is 0 Å². The summed E-state index contributed by atoms with van der Waals surface area (Å²) in [6.07, 6.45) is 17.5. The highest BCUT2D eigenvalue weighted by Gasteiger charge is 2.46. The van der Waals surface area contributed by atoms with E-state index in [1.54, 1.807) is 70.6 Å². The molecule has 0 bridgehead atoms. The molecular weight excluding hydrogens is 204 g/mol. The van der Waals surface area contributed by atoms with E-state index in [9.17, 15) is 0 Å². The van der Waals surface area contributed by atoms with Crippen LogP contribution in [0.4, 0.5) is 0 Å². The highest BCUT2D eigenvalue weighted by molar-refractivity contribution is 4.97. The Labute approximate surface area is 107 Å². The third-order valence-electron chi connectivity index (χ3n) is 7.03. The summed E-state index contributed by atoms with van der Waals surface area (Å²) >= 11 is 0.